The van der Waals surface area contributed by atoms with Gasteiger partial charge in [0.25, 0.3) is 11.8 Å². The van der Waals surface area contributed by atoms with Gasteiger partial charge in [-0.05, 0) is 29.8 Å². The maximum atomic E-state index is 14.1. The largest absolute Gasteiger partial charge is 0.435 e. The summed E-state index contributed by atoms with van der Waals surface area (Å²) >= 11 is 0. The molecule has 4 rings (SSSR count). The van der Waals surface area contributed by atoms with E-state index in [9.17, 15) is 18.4 Å². The molecule has 2 amide bonds. The van der Waals surface area contributed by atoms with Gasteiger partial charge >= 0.3 is 0 Å². The molecule has 0 aliphatic carbocycles. The Hall–Kier alpha value is -4.33. The van der Waals surface area contributed by atoms with Gasteiger partial charge in [0.2, 0.25) is 5.89 Å². The SMILES string of the molecule is NC(=O)c1nc(-c2c(F)cccc2F)oc1-c1ccc(CNC(=O)c2ccccc2)cc1. The minimum absolute atomic E-state index is 0.00461. The lowest BCUT2D eigenvalue weighted by Gasteiger charge is -2.06. The Balaban J connectivity index is 1.58. The molecule has 0 unspecified atom stereocenters. The van der Waals surface area contributed by atoms with Crippen LogP contribution in [0.25, 0.3) is 22.8 Å². The molecule has 8 heteroatoms. The van der Waals surface area contributed by atoms with Crippen molar-refractivity contribution in [2.75, 3.05) is 0 Å². The summed E-state index contributed by atoms with van der Waals surface area (Å²) in [5.74, 6) is -3.25. The molecule has 0 spiro atoms. The van der Waals surface area contributed by atoms with Crippen LogP contribution in [-0.4, -0.2) is 16.8 Å². The summed E-state index contributed by atoms with van der Waals surface area (Å²) in [5.41, 5.74) is 6.44. The molecule has 1 aromatic heterocycles. The van der Waals surface area contributed by atoms with Crippen molar-refractivity contribution < 1.29 is 22.8 Å². The fourth-order valence-corrected chi connectivity index (χ4v) is 3.14. The molecule has 160 valence electrons. The Bertz CT molecular complexity index is 1270. The first-order chi connectivity index (χ1) is 15.4. The summed E-state index contributed by atoms with van der Waals surface area (Å²) in [6, 6.07) is 18.8. The Morgan fingerprint density at radius 2 is 1.56 bits per heavy atom. The van der Waals surface area contributed by atoms with Crippen molar-refractivity contribution in [3.63, 3.8) is 0 Å². The van der Waals surface area contributed by atoms with E-state index in [4.69, 9.17) is 10.2 Å². The van der Waals surface area contributed by atoms with Crippen molar-refractivity contribution in [2.24, 2.45) is 5.73 Å². The number of nitrogens with zero attached hydrogens (tertiary/aromatic N) is 1. The smallest absolute Gasteiger partial charge is 0.271 e. The first-order valence-electron chi connectivity index (χ1n) is 9.61. The number of carbonyl (C=O) groups is 2. The number of aromatic nitrogens is 1. The van der Waals surface area contributed by atoms with Crippen LogP contribution in [0.1, 0.15) is 26.4 Å². The lowest BCUT2D eigenvalue weighted by atomic mass is 10.1. The van der Waals surface area contributed by atoms with Gasteiger partial charge in [-0.15, -0.1) is 0 Å². The summed E-state index contributed by atoms with van der Waals surface area (Å²) < 4.78 is 33.8. The molecule has 0 radical (unpaired) electrons. The minimum Gasteiger partial charge on any atom is -0.435 e. The van der Waals surface area contributed by atoms with Gasteiger partial charge in [-0.2, -0.15) is 0 Å². The Labute approximate surface area is 181 Å². The molecule has 0 bridgehead atoms. The second kappa shape index (κ2) is 8.81. The molecule has 0 fully saturated rings. The maximum Gasteiger partial charge on any atom is 0.271 e. The number of hydrogen-bond acceptors (Lipinski definition) is 4. The number of nitrogens with one attached hydrogen (secondary N) is 1. The molecule has 3 N–H and O–H groups in total. The standard InChI is InChI=1S/C24H17F2N3O3/c25-17-7-4-8-18(26)19(17)24-29-20(22(27)30)21(32-24)15-11-9-14(10-12-15)13-28-23(31)16-5-2-1-3-6-16/h1-12H,13H2,(H2,27,30)(H,28,31). The lowest BCUT2D eigenvalue weighted by Crippen LogP contribution is -2.22. The molecule has 0 aliphatic heterocycles. The number of benzene rings is 3. The van der Waals surface area contributed by atoms with Crippen molar-refractivity contribution in [3.8, 4) is 22.8 Å². The fourth-order valence-electron chi connectivity index (χ4n) is 3.14. The van der Waals surface area contributed by atoms with Gasteiger partial charge in [-0.1, -0.05) is 48.5 Å². The average molecular weight is 433 g/mol. The summed E-state index contributed by atoms with van der Waals surface area (Å²) in [7, 11) is 0. The predicted octanol–water partition coefficient (Wildman–Crippen LogP) is 4.32. The third kappa shape index (κ3) is 4.24. The van der Waals surface area contributed by atoms with Crippen LogP contribution in [0.4, 0.5) is 8.78 Å². The summed E-state index contributed by atoms with van der Waals surface area (Å²) in [5, 5.41) is 2.81. The van der Waals surface area contributed by atoms with Crippen LogP contribution < -0.4 is 11.1 Å². The van der Waals surface area contributed by atoms with E-state index >= 15 is 0 Å². The van der Waals surface area contributed by atoms with Crippen molar-refractivity contribution in [1.82, 2.24) is 10.3 Å². The predicted molar refractivity (Wildman–Crippen MR) is 113 cm³/mol. The molecule has 1 heterocycles. The molecule has 0 saturated carbocycles. The molecule has 0 atom stereocenters. The van der Waals surface area contributed by atoms with E-state index in [1.165, 1.54) is 6.07 Å². The van der Waals surface area contributed by atoms with Crippen molar-refractivity contribution in [1.29, 1.82) is 0 Å². The second-order valence-electron chi connectivity index (χ2n) is 6.90. The number of oxazole rings is 1. The lowest BCUT2D eigenvalue weighted by molar-refractivity contribution is 0.0949. The van der Waals surface area contributed by atoms with E-state index in [2.05, 4.69) is 10.3 Å². The number of primary amides is 1. The average Bonchev–Trinajstić information content (AvgIpc) is 3.23. The quantitative estimate of drug-likeness (QED) is 0.473. The van der Waals surface area contributed by atoms with E-state index in [-0.39, 0.29) is 29.8 Å². The zero-order valence-corrected chi connectivity index (χ0v) is 16.6. The third-order valence-corrected chi connectivity index (χ3v) is 4.74. The molecule has 3 aromatic carbocycles. The van der Waals surface area contributed by atoms with Crippen molar-refractivity contribution >= 4 is 11.8 Å². The topological polar surface area (TPSA) is 98.2 Å². The number of carbonyl (C=O) groups excluding carboxylic acids is 2. The number of amides is 2. The van der Waals surface area contributed by atoms with Crippen LogP contribution in [-0.2, 0) is 6.54 Å². The Morgan fingerprint density at radius 3 is 2.19 bits per heavy atom. The molecular formula is C24H17F2N3O3. The molecule has 0 saturated heterocycles. The molecule has 4 aromatic rings. The number of halogens is 2. The van der Waals surface area contributed by atoms with Gasteiger partial charge in [0, 0.05) is 17.7 Å². The van der Waals surface area contributed by atoms with E-state index in [1.54, 1.807) is 48.5 Å². The van der Waals surface area contributed by atoms with E-state index in [1.807, 2.05) is 6.07 Å². The first kappa shape index (κ1) is 20.9. The number of nitrogens with two attached hydrogens (primary N) is 1. The van der Waals surface area contributed by atoms with Gasteiger partial charge in [0.1, 0.15) is 17.2 Å². The molecular weight excluding hydrogens is 416 g/mol. The van der Waals surface area contributed by atoms with Gasteiger partial charge in [-0.25, -0.2) is 13.8 Å². The van der Waals surface area contributed by atoms with E-state index in [0.29, 0.717) is 11.1 Å². The molecule has 32 heavy (non-hydrogen) atoms. The van der Waals surface area contributed by atoms with Gasteiger partial charge in [-0.3, -0.25) is 9.59 Å². The van der Waals surface area contributed by atoms with Crippen LogP contribution in [0.15, 0.2) is 77.2 Å². The van der Waals surface area contributed by atoms with Crippen molar-refractivity contribution in [3.05, 3.63) is 101 Å². The van der Waals surface area contributed by atoms with Crippen LogP contribution in [0, 0.1) is 11.6 Å². The molecule has 0 aliphatic rings. The van der Waals surface area contributed by atoms with E-state index < -0.39 is 23.1 Å². The van der Waals surface area contributed by atoms with Crippen molar-refractivity contribution in [2.45, 2.75) is 6.54 Å². The zero-order valence-electron chi connectivity index (χ0n) is 16.6. The van der Waals surface area contributed by atoms with Crippen LogP contribution >= 0.6 is 0 Å². The Kier molecular flexibility index (Phi) is 5.76. The number of rotatable bonds is 6. The summed E-state index contributed by atoms with van der Waals surface area (Å²) in [6.07, 6.45) is 0. The van der Waals surface area contributed by atoms with Crippen LogP contribution in [0.2, 0.25) is 0 Å². The zero-order chi connectivity index (χ0) is 22.7. The van der Waals surface area contributed by atoms with Gasteiger partial charge < -0.3 is 15.5 Å². The van der Waals surface area contributed by atoms with Gasteiger partial charge in [0.05, 0.1) is 0 Å². The second-order valence-corrected chi connectivity index (χ2v) is 6.90. The summed E-state index contributed by atoms with van der Waals surface area (Å²) in [6.45, 7) is 0.277. The maximum absolute atomic E-state index is 14.1. The van der Waals surface area contributed by atoms with Crippen LogP contribution in [0.5, 0.6) is 0 Å². The highest BCUT2D eigenvalue weighted by Gasteiger charge is 2.24. The van der Waals surface area contributed by atoms with Crippen LogP contribution in [0.3, 0.4) is 0 Å². The highest BCUT2D eigenvalue weighted by Crippen LogP contribution is 2.32. The normalized spacial score (nSPS) is 10.7. The first-order valence-corrected chi connectivity index (χ1v) is 9.61. The third-order valence-electron chi connectivity index (χ3n) is 4.74. The Morgan fingerprint density at radius 1 is 0.906 bits per heavy atom. The molecule has 6 nitrogen and oxygen atoms in total. The fraction of sp³-hybridized carbons (Fsp3) is 0.0417. The number of hydrogen-bond donors (Lipinski definition) is 2. The summed E-state index contributed by atoms with van der Waals surface area (Å²) in [4.78, 5) is 27.9. The monoisotopic (exact) mass is 433 g/mol. The highest BCUT2D eigenvalue weighted by molar-refractivity contribution is 5.97. The highest BCUT2D eigenvalue weighted by atomic mass is 19.1. The van der Waals surface area contributed by atoms with Gasteiger partial charge in [0.15, 0.2) is 11.5 Å². The van der Waals surface area contributed by atoms with E-state index in [0.717, 1.165) is 17.7 Å². The minimum atomic E-state index is -0.897.